The summed E-state index contributed by atoms with van der Waals surface area (Å²) in [5.74, 6) is 0. The van der Waals surface area contributed by atoms with Crippen LogP contribution >= 0.6 is 11.3 Å². The van der Waals surface area contributed by atoms with Gasteiger partial charge in [-0.25, -0.2) is 4.98 Å². The lowest BCUT2D eigenvalue weighted by Crippen LogP contribution is -1.91. The van der Waals surface area contributed by atoms with Gasteiger partial charge in [-0.3, -0.25) is 15.5 Å². The highest BCUT2D eigenvalue weighted by Crippen LogP contribution is 2.25. The molecule has 0 aliphatic heterocycles. The minimum absolute atomic E-state index is 0.0590. The highest BCUT2D eigenvalue weighted by Gasteiger charge is 2.04. The van der Waals surface area contributed by atoms with Crippen LogP contribution in [0.4, 0.5) is 10.8 Å². The van der Waals surface area contributed by atoms with Crippen molar-refractivity contribution in [2.24, 2.45) is 5.10 Å². The Balaban J connectivity index is 1.63. The van der Waals surface area contributed by atoms with E-state index in [1.165, 1.54) is 29.0 Å². The molecule has 0 aliphatic carbocycles. The third-order valence-corrected chi connectivity index (χ3v) is 4.39. The number of nitrogens with zero attached hydrogens (tertiary/aromatic N) is 3. The van der Waals surface area contributed by atoms with E-state index in [1.807, 2.05) is 5.38 Å². The molecule has 0 unspecified atom stereocenters. The van der Waals surface area contributed by atoms with Gasteiger partial charge in [0.2, 0.25) is 5.13 Å². The Kier molecular flexibility index (Phi) is 5.15. The molecule has 7 heteroatoms. The number of thiazole rings is 1. The van der Waals surface area contributed by atoms with E-state index in [4.69, 9.17) is 0 Å². The summed E-state index contributed by atoms with van der Waals surface area (Å²) in [6.45, 7) is 2.13. The number of hydrogen-bond acceptors (Lipinski definition) is 6. The number of nitro benzene ring substituents is 1. The molecule has 0 amide bonds. The predicted molar refractivity (Wildman–Crippen MR) is 101 cm³/mol. The first-order chi connectivity index (χ1) is 12.2. The number of aromatic nitrogens is 1. The predicted octanol–water partition coefficient (Wildman–Crippen LogP) is 4.73. The SMILES string of the molecule is CCc1ccc(-c2csc(NN=Cc3ccc([N+](=O)[O-])cc3)n2)cc1. The molecule has 0 spiro atoms. The Morgan fingerprint density at radius 2 is 1.92 bits per heavy atom. The molecule has 0 aliphatic rings. The Hall–Kier alpha value is -3.06. The van der Waals surface area contributed by atoms with Crippen molar-refractivity contribution in [3.63, 3.8) is 0 Å². The van der Waals surface area contributed by atoms with E-state index in [1.54, 1.807) is 18.3 Å². The molecule has 0 saturated carbocycles. The Labute approximate surface area is 149 Å². The molecule has 6 nitrogen and oxygen atoms in total. The zero-order chi connectivity index (χ0) is 17.6. The Morgan fingerprint density at radius 3 is 2.56 bits per heavy atom. The van der Waals surface area contributed by atoms with Gasteiger partial charge in [0.15, 0.2) is 0 Å². The Morgan fingerprint density at radius 1 is 1.20 bits per heavy atom. The van der Waals surface area contributed by atoms with Crippen LogP contribution in [0, 0.1) is 10.1 Å². The number of rotatable bonds is 6. The van der Waals surface area contributed by atoms with E-state index < -0.39 is 4.92 Å². The lowest BCUT2D eigenvalue weighted by Gasteiger charge is -1.99. The van der Waals surface area contributed by atoms with Gasteiger partial charge in [-0.05, 0) is 29.7 Å². The molecule has 0 fully saturated rings. The van der Waals surface area contributed by atoms with E-state index in [2.05, 4.69) is 46.7 Å². The average molecular weight is 352 g/mol. The maximum absolute atomic E-state index is 10.6. The van der Waals surface area contributed by atoms with E-state index >= 15 is 0 Å². The fourth-order valence-corrected chi connectivity index (χ4v) is 2.88. The van der Waals surface area contributed by atoms with Crippen LogP contribution in [0.3, 0.4) is 0 Å². The van der Waals surface area contributed by atoms with E-state index in [0.717, 1.165) is 23.2 Å². The fourth-order valence-electron chi connectivity index (χ4n) is 2.21. The van der Waals surface area contributed by atoms with Crippen LogP contribution in [-0.4, -0.2) is 16.1 Å². The summed E-state index contributed by atoms with van der Waals surface area (Å²) in [6.07, 6.45) is 2.61. The van der Waals surface area contributed by atoms with Gasteiger partial charge in [0.05, 0.1) is 16.8 Å². The quantitative estimate of drug-likeness (QED) is 0.395. The molecule has 0 saturated heterocycles. The number of benzene rings is 2. The van der Waals surface area contributed by atoms with Gasteiger partial charge in [-0.2, -0.15) is 5.10 Å². The second kappa shape index (κ2) is 7.67. The van der Waals surface area contributed by atoms with Crippen molar-refractivity contribution in [2.75, 3.05) is 5.43 Å². The second-order valence-electron chi connectivity index (χ2n) is 5.31. The third kappa shape index (κ3) is 4.27. The molecule has 3 aromatic rings. The maximum Gasteiger partial charge on any atom is 0.269 e. The van der Waals surface area contributed by atoms with Crippen molar-refractivity contribution >= 4 is 28.4 Å². The maximum atomic E-state index is 10.6. The van der Waals surface area contributed by atoms with E-state index in [9.17, 15) is 10.1 Å². The van der Waals surface area contributed by atoms with Crippen molar-refractivity contribution in [3.8, 4) is 11.3 Å². The first kappa shape index (κ1) is 16.8. The fraction of sp³-hybridized carbons (Fsp3) is 0.111. The number of nitrogens with one attached hydrogen (secondary N) is 1. The molecule has 0 atom stereocenters. The second-order valence-corrected chi connectivity index (χ2v) is 6.17. The number of nitro groups is 1. The monoisotopic (exact) mass is 352 g/mol. The van der Waals surface area contributed by atoms with Crippen LogP contribution < -0.4 is 5.43 Å². The molecule has 3 rings (SSSR count). The summed E-state index contributed by atoms with van der Waals surface area (Å²) in [7, 11) is 0. The number of aryl methyl sites for hydroxylation is 1. The lowest BCUT2D eigenvalue weighted by molar-refractivity contribution is -0.384. The molecule has 1 aromatic heterocycles. The highest BCUT2D eigenvalue weighted by atomic mass is 32.1. The summed E-state index contributed by atoms with van der Waals surface area (Å²) < 4.78 is 0. The summed E-state index contributed by atoms with van der Waals surface area (Å²) in [5, 5.41) is 17.4. The van der Waals surface area contributed by atoms with Gasteiger partial charge in [0, 0.05) is 23.1 Å². The summed E-state index contributed by atoms with van der Waals surface area (Å²) in [5.41, 5.74) is 6.98. The van der Waals surface area contributed by atoms with Crippen molar-refractivity contribution in [1.82, 2.24) is 4.98 Å². The summed E-state index contributed by atoms with van der Waals surface area (Å²) >= 11 is 1.47. The molecule has 2 aromatic carbocycles. The normalized spacial score (nSPS) is 10.9. The molecule has 1 heterocycles. The Bertz CT molecular complexity index is 886. The number of anilines is 1. The molecule has 0 radical (unpaired) electrons. The molecule has 25 heavy (non-hydrogen) atoms. The third-order valence-electron chi connectivity index (χ3n) is 3.64. The van der Waals surface area contributed by atoms with Gasteiger partial charge < -0.3 is 0 Å². The molecule has 126 valence electrons. The van der Waals surface area contributed by atoms with Gasteiger partial charge in [0.1, 0.15) is 0 Å². The zero-order valence-electron chi connectivity index (χ0n) is 13.5. The largest absolute Gasteiger partial charge is 0.269 e. The molecular formula is C18H16N4O2S. The first-order valence-corrected chi connectivity index (χ1v) is 8.62. The molecular weight excluding hydrogens is 336 g/mol. The number of non-ortho nitro benzene ring substituents is 1. The minimum atomic E-state index is -0.427. The van der Waals surface area contributed by atoms with Crippen molar-refractivity contribution in [1.29, 1.82) is 0 Å². The smallest absolute Gasteiger partial charge is 0.258 e. The van der Waals surface area contributed by atoms with Crippen LogP contribution in [0.25, 0.3) is 11.3 Å². The number of hydrazone groups is 1. The van der Waals surface area contributed by atoms with Gasteiger partial charge in [-0.1, -0.05) is 31.2 Å². The number of hydrogen-bond donors (Lipinski definition) is 1. The highest BCUT2D eigenvalue weighted by molar-refractivity contribution is 7.14. The van der Waals surface area contributed by atoms with Crippen LogP contribution in [0.15, 0.2) is 59.0 Å². The zero-order valence-corrected chi connectivity index (χ0v) is 14.4. The lowest BCUT2D eigenvalue weighted by atomic mass is 10.1. The molecule has 1 N–H and O–H groups in total. The van der Waals surface area contributed by atoms with Crippen molar-refractivity contribution in [2.45, 2.75) is 13.3 Å². The van der Waals surface area contributed by atoms with Gasteiger partial charge in [0.25, 0.3) is 5.69 Å². The standard InChI is InChI=1S/C18H16N4O2S/c1-2-13-3-7-15(8-4-13)17-12-25-18(20-17)21-19-11-14-5-9-16(10-6-14)22(23)24/h3-12H,2H2,1H3,(H,20,21). The summed E-state index contributed by atoms with van der Waals surface area (Å²) in [6, 6.07) is 14.5. The topological polar surface area (TPSA) is 80.4 Å². The van der Waals surface area contributed by atoms with Crippen LogP contribution in [0.5, 0.6) is 0 Å². The van der Waals surface area contributed by atoms with Crippen LogP contribution in [-0.2, 0) is 6.42 Å². The van der Waals surface area contributed by atoms with Crippen molar-refractivity contribution < 1.29 is 4.92 Å². The average Bonchev–Trinajstić information content (AvgIpc) is 3.11. The van der Waals surface area contributed by atoms with Crippen LogP contribution in [0.2, 0.25) is 0 Å². The van der Waals surface area contributed by atoms with E-state index in [0.29, 0.717) is 5.13 Å². The summed E-state index contributed by atoms with van der Waals surface area (Å²) in [4.78, 5) is 14.7. The first-order valence-electron chi connectivity index (χ1n) is 7.74. The van der Waals surface area contributed by atoms with Crippen LogP contribution in [0.1, 0.15) is 18.1 Å². The van der Waals surface area contributed by atoms with Gasteiger partial charge >= 0.3 is 0 Å². The van der Waals surface area contributed by atoms with Gasteiger partial charge in [-0.15, -0.1) is 11.3 Å². The van der Waals surface area contributed by atoms with E-state index in [-0.39, 0.29) is 5.69 Å². The minimum Gasteiger partial charge on any atom is -0.258 e. The molecule has 0 bridgehead atoms. The van der Waals surface area contributed by atoms with Crippen molar-refractivity contribution in [3.05, 3.63) is 75.2 Å².